The first-order chi connectivity index (χ1) is 5.13. The van der Waals surface area contributed by atoms with Crippen molar-refractivity contribution in [3.05, 3.63) is 12.2 Å². The van der Waals surface area contributed by atoms with E-state index in [4.69, 9.17) is 10.5 Å². The Hall–Kier alpha value is -0.670. The average molecular weight is 155 g/mol. The normalized spacial score (nSPS) is 30.4. The molecule has 3 heteroatoms. The molecule has 3 nitrogen and oxygen atoms in total. The van der Waals surface area contributed by atoms with E-state index in [9.17, 15) is 4.79 Å². The summed E-state index contributed by atoms with van der Waals surface area (Å²) in [7, 11) is 0. The van der Waals surface area contributed by atoms with Crippen LogP contribution >= 0.6 is 0 Å². The fourth-order valence-electron chi connectivity index (χ4n) is 1.12. The van der Waals surface area contributed by atoms with Crippen LogP contribution in [0.1, 0.15) is 13.3 Å². The van der Waals surface area contributed by atoms with Gasteiger partial charge in [0.25, 0.3) is 0 Å². The van der Waals surface area contributed by atoms with E-state index in [1.165, 1.54) is 0 Å². The molecule has 1 aliphatic heterocycles. The smallest absolute Gasteiger partial charge is 0.188 e. The zero-order valence-electron chi connectivity index (χ0n) is 6.67. The molecule has 2 unspecified atom stereocenters. The fourth-order valence-corrected chi connectivity index (χ4v) is 1.12. The second-order valence-corrected chi connectivity index (χ2v) is 2.89. The van der Waals surface area contributed by atoms with Crippen molar-refractivity contribution in [2.24, 2.45) is 5.73 Å². The van der Waals surface area contributed by atoms with E-state index in [2.05, 4.69) is 6.58 Å². The molecule has 0 bridgehead atoms. The van der Waals surface area contributed by atoms with Crippen LogP contribution in [0.5, 0.6) is 0 Å². The molecular formula is C8H13NO2. The third-order valence-corrected chi connectivity index (χ3v) is 1.82. The van der Waals surface area contributed by atoms with Crippen molar-refractivity contribution in [3.63, 3.8) is 0 Å². The molecule has 0 aromatic heterocycles. The van der Waals surface area contributed by atoms with Gasteiger partial charge in [0.05, 0.1) is 0 Å². The Morgan fingerprint density at radius 2 is 2.36 bits per heavy atom. The number of ketones is 1. The average Bonchev–Trinajstić information content (AvgIpc) is 2.33. The maximum atomic E-state index is 11.3. The zero-order valence-corrected chi connectivity index (χ0v) is 6.67. The number of hydrogen-bond donors (Lipinski definition) is 1. The number of Topliss-reactive ketones (excluding diaryl/α,β-unsaturated/α-hetero) is 1. The molecule has 0 saturated carbocycles. The summed E-state index contributed by atoms with van der Waals surface area (Å²) in [6, 6.07) is -0.140. The third-order valence-electron chi connectivity index (χ3n) is 1.82. The Kier molecular flexibility index (Phi) is 2.42. The molecule has 0 aromatic rings. The Bertz CT molecular complexity index is 189. The van der Waals surface area contributed by atoms with Crippen LogP contribution in [0.2, 0.25) is 0 Å². The highest BCUT2D eigenvalue weighted by Gasteiger charge is 2.31. The minimum Gasteiger partial charge on any atom is -0.368 e. The lowest BCUT2D eigenvalue weighted by Gasteiger charge is -2.12. The molecule has 1 aliphatic rings. The van der Waals surface area contributed by atoms with Crippen molar-refractivity contribution in [3.8, 4) is 0 Å². The lowest BCUT2D eigenvalue weighted by Crippen LogP contribution is -2.37. The summed E-state index contributed by atoms with van der Waals surface area (Å²) < 4.78 is 5.15. The molecular weight excluding hydrogens is 142 g/mol. The van der Waals surface area contributed by atoms with E-state index in [1.54, 1.807) is 6.92 Å². The molecule has 62 valence electrons. The van der Waals surface area contributed by atoms with Gasteiger partial charge in [-0.05, 0) is 18.9 Å². The van der Waals surface area contributed by atoms with Gasteiger partial charge < -0.3 is 10.5 Å². The first-order valence-corrected chi connectivity index (χ1v) is 3.70. The summed E-state index contributed by atoms with van der Waals surface area (Å²) in [5.74, 6) is -0.0602. The van der Waals surface area contributed by atoms with Crippen LogP contribution in [0, 0.1) is 0 Å². The van der Waals surface area contributed by atoms with E-state index in [1.807, 2.05) is 0 Å². The molecule has 0 aliphatic carbocycles. The lowest BCUT2D eigenvalue weighted by atomic mass is 10.0. The summed E-state index contributed by atoms with van der Waals surface area (Å²) in [5.41, 5.74) is 6.15. The monoisotopic (exact) mass is 155 g/mol. The Morgan fingerprint density at radius 3 is 2.73 bits per heavy atom. The molecule has 1 fully saturated rings. The lowest BCUT2D eigenvalue weighted by molar-refractivity contribution is -0.124. The van der Waals surface area contributed by atoms with Gasteiger partial charge in [0.15, 0.2) is 5.78 Å². The number of hydrogen-bond acceptors (Lipinski definition) is 3. The summed E-state index contributed by atoms with van der Waals surface area (Å²) in [6.45, 7) is 5.81. The highest BCUT2D eigenvalue weighted by atomic mass is 16.5. The third kappa shape index (κ3) is 1.67. The van der Waals surface area contributed by atoms with Crippen LogP contribution in [0.25, 0.3) is 0 Å². The van der Waals surface area contributed by atoms with Crippen LogP contribution in [0.15, 0.2) is 12.2 Å². The SMILES string of the molecule is C=C(C)C(=O)C1OCCC1N. The highest BCUT2D eigenvalue weighted by molar-refractivity contribution is 5.98. The van der Waals surface area contributed by atoms with Crippen LogP contribution in [-0.2, 0) is 9.53 Å². The van der Waals surface area contributed by atoms with Gasteiger partial charge >= 0.3 is 0 Å². The van der Waals surface area contributed by atoms with E-state index >= 15 is 0 Å². The largest absolute Gasteiger partial charge is 0.368 e. The second-order valence-electron chi connectivity index (χ2n) is 2.89. The van der Waals surface area contributed by atoms with Crippen LogP contribution < -0.4 is 5.73 Å². The van der Waals surface area contributed by atoms with E-state index in [0.29, 0.717) is 12.2 Å². The minimum atomic E-state index is -0.438. The number of rotatable bonds is 2. The quantitative estimate of drug-likeness (QED) is 0.581. The van der Waals surface area contributed by atoms with Crippen molar-refractivity contribution in [2.75, 3.05) is 6.61 Å². The van der Waals surface area contributed by atoms with E-state index < -0.39 is 6.10 Å². The maximum Gasteiger partial charge on any atom is 0.188 e. The first kappa shape index (κ1) is 8.43. The predicted molar refractivity (Wildman–Crippen MR) is 42.2 cm³/mol. The van der Waals surface area contributed by atoms with Crippen molar-refractivity contribution in [2.45, 2.75) is 25.5 Å². The summed E-state index contributed by atoms with van der Waals surface area (Å²) in [5, 5.41) is 0. The number of carbonyl (C=O) groups excluding carboxylic acids is 1. The van der Waals surface area contributed by atoms with Gasteiger partial charge in [-0.25, -0.2) is 0 Å². The van der Waals surface area contributed by atoms with Gasteiger partial charge in [-0.3, -0.25) is 4.79 Å². The van der Waals surface area contributed by atoms with Gasteiger partial charge in [-0.15, -0.1) is 0 Å². The maximum absolute atomic E-state index is 11.3. The van der Waals surface area contributed by atoms with Crippen molar-refractivity contribution in [1.29, 1.82) is 0 Å². The second kappa shape index (κ2) is 3.15. The Morgan fingerprint density at radius 1 is 1.73 bits per heavy atom. The van der Waals surface area contributed by atoms with Gasteiger partial charge in [-0.1, -0.05) is 6.58 Å². The van der Waals surface area contributed by atoms with Crippen LogP contribution in [-0.4, -0.2) is 24.5 Å². The highest BCUT2D eigenvalue weighted by Crippen LogP contribution is 2.14. The molecule has 2 N–H and O–H groups in total. The molecule has 0 aromatic carbocycles. The molecule has 0 spiro atoms. The zero-order chi connectivity index (χ0) is 8.43. The number of nitrogens with two attached hydrogens (primary N) is 1. The Labute approximate surface area is 66.2 Å². The first-order valence-electron chi connectivity index (χ1n) is 3.70. The van der Waals surface area contributed by atoms with Gasteiger partial charge in [0.1, 0.15) is 6.10 Å². The van der Waals surface area contributed by atoms with E-state index in [-0.39, 0.29) is 11.8 Å². The van der Waals surface area contributed by atoms with Crippen LogP contribution in [0.3, 0.4) is 0 Å². The molecule has 1 saturated heterocycles. The molecule has 1 rings (SSSR count). The minimum absolute atomic E-state index is 0.0602. The van der Waals surface area contributed by atoms with Crippen molar-refractivity contribution >= 4 is 5.78 Å². The topological polar surface area (TPSA) is 52.3 Å². The van der Waals surface area contributed by atoms with Gasteiger partial charge in [0, 0.05) is 12.6 Å². The number of ether oxygens (including phenoxy) is 1. The van der Waals surface area contributed by atoms with Crippen molar-refractivity contribution in [1.82, 2.24) is 0 Å². The summed E-state index contributed by atoms with van der Waals surface area (Å²) in [4.78, 5) is 11.3. The molecule has 11 heavy (non-hydrogen) atoms. The Balaban J connectivity index is 2.60. The molecule has 0 radical (unpaired) electrons. The van der Waals surface area contributed by atoms with Gasteiger partial charge in [0.2, 0.25) is 0 Å². The molecule has 0 amide bonds. The van der Waals surface area contributed by atoms with Crippen LogP contribution in [0.4, 0.5) is 0 Å². The standard InChI is InChI=1S/C8H13NO2/c1-5(2)7(10)8-6(9)3-4-11-8/h6,8H,1,3-4,9H2,2H3. The number of carbonyl (C=O) groups is 1. The predicted octanol–water partition coefficient (Wildman–Crippen LogP) is 0.248. The molecule has 1 heterocycles. The fraction of sp³-hybridized carbons (Fsp3) is 0.625. The molecule has 2 atom stereocenters. The van der Waals surface area contributed by atoms with E-state index in [0.717, 1.165) is 6.42 Å². The van der Waals surface area contributed by atoms with Gasteiger partial charge in [-0.2, -0.15) is 0 Å². The summed E-state index contributed by atoms with van der Waals surface area (Å²) >= 11 is 0. The van der Waals surface area contributed by atoms with Crippen molar-refractivity contribution < 1.29 is 9.53 Å². The summed E-state index contributed by atoms with van der Waals surface area (Å²) in [6.07, 6.45) is 0.330.